The van der Waals surface area contributed by atoms with Gasteiger partial charge in [0.25, 0.3) is 0 Å². The third-order valence-electron chi connectivity index (χ3n) is 7.80. The Labute approximate surface area is 251 Å². The topological polar surface area (TPSA) is 88.8 Å². The normalized spacial score (nSPS) is 14.9. The van der Waals surface area contributed by atoms with E-state index in [2.05, 4.69) is 75.9 Å². The molecule has 220 valence electrons. The molecule has 9 heteroatoms. The molecule has 1 fully saturated rings. The first-order valence-corrected chi connectivity index (χ1v) is 14.7. The standard InChI is InChI=1S/C33H37ClN4O4/c34-29-13-11-26(12-14-29)23-38-25-36-30(31(38)42-32(40)35-17-21-41-22-20-39)24-37-18-15-33(16-19-37,27-7-3-1-4-8-27)28-9-5-2-6-10-28/h1-14,25,39H,15-24H2,(H,35,40). The Balaban J connectivity index is 1.31. The highest BCUT2D eigenvalue weighted by Crippen LogP contribution is 2.42. The van der Waals surface area contributed by atoms with Gasteiger partial charge < -0.3 is 19.9 Å². The SMILES string of the molecule is O=C(NCCOCCO)Oc1c(CN2CCC(c3ccccc3)(c3ccccc3)CC2)ncn1Cc1ccc(Cl)cc1. The van der Waals surface area contributed by atoms with E-state index in [1.54, 1.807) is 6.33 Å². The molecule has 1 saturated heterocycles. The van der Waals surface area contributed by atoms with Crippen molar-refractivity contribution in [1.82, 2.24) is 19.8 Å². The van der Waals surface area contributed by atoms with E-state index in [4.69, 9.17) is 26.2 Å². The molecule has 1 amide bonds. The molecular weight excluding hydrogens is 552 g/mol. The van der Waals surface area contributed by atoms with Crippen LogP contribution in [0, 0.1) is 0 Å². The van der Waals surface area contributed by atoms with Crippen LogP contribution in [0.15, 0.2) is 91.3 Å². The summed E-state index contributed by atoms with van der Waals surface area (Å²) >= 11 is 6.08. The van der Waals surface area contributed by atoms with Gasteiger partial charge in [-0.05, 0) is 54.8 Å². The van der Waals surface area contributed by atoms with Crippen LogP contribution in [0.3, 0.4) is 0 Å². The molecule has 1 aliphatic heterocycles. The van der Waals surface area contributed by atoms with Crippen LogP contribution in [0.2, 0.25) is 5.02 Å². The molecular formula is C33H37ClN4O4. The van der Waals surface area contributed by atoms with Crippen molar-refractivity contribution in [1.29, 1.82) is 0 Å². The monoisotopic (exact) mass is 588 g/mol. The number of nitrogens with zero attached hydrogens (tertiary/aromatic N) is 3. The van der Waals surface area contributed by atoms with Crippen molar-refractivity contribution < 1.29 is 19.4 Å². The number of benzene rings is 3. The average molecular weight is 589 g/mol. The lowest BCUT2D eigenvalue weighted by atomic mass is 9.68. The molecule has 0 unspecified atom stereocenters. The van der Waals surface area contributed by atoms with E-state index in [0.717, 1.165) is 31.5 Å². The zero-order valence-corrected chi connectivity index (χ0v) is 24.4. The highest BCUT2D eigenvalue weighted by atomic mass is 35.5. The number of imidazole rings is 1. The number of aliphatic hydroxyl groups excluding tert-OH is 1. The van der Waals surface area contributed by atoms with E-state index in [9.17, 15) is 4.79 Å². The number of carbonyl (C=O) groups excluding carboxylic acids is 1. The highest BCUT2D eigenvalue weighted by Gasteiger charge is 2.38. The molecule has 8 nitrogen and oxygen atoms in total. The second-order valence-corrected chi connectivity index (χ2v) is 10.9. The summed E-state index contributed by atoms with van der Waals surface area (Å²) in [5.41, 5.74) is 4.35. The Bertz CT molecular complexity index is 1360. The van der Waals surface area contributed by atoms with Gasteiger partial charge in [-0.1, -0.05) is 84.4 Å². The van der Waals surface area contributed by atoms with Crippen LogP contribution in [0.5, 0.6) is 5.88 Å². The molecule has 0 aliphatic carbocycles. The van der Waals surface area contributed by atoms with Crippen molar-refractivity contribution in [3.05, 3.63) is 119 Å². The summed E-state index contributed by atoms with van der Waals surface area (Å²) < 4.78 is 12.9. The van der Waals surface area contributed by atoms with Gasteiger partial charge in [-0.25, -0.2) is 9.78 Å². The third kappa shape index (κ3) is 7.38. The van der Waals surface area contributed by atoms with Gasteiger partial charge in [0.2, 0.25) is 5.88 Å². The van der Waals surface area contributed by atoms with Crippen molar-refractivity contribution >= 4 is 17.7 Å². The van der Waals surface area contributed by atoms with E-state index < -0.39 is 6.09 Å². The zero-order valence-electron chi connectivity index (χ0n) is 23.6. The van der Waals surface area contributed by atoms with Gasteiger partial charge in [-0.2, -0.15) is 0 Å². The second-order valence-electron chi connectivity index (χ2n) is 10.5. The largest absolute Gasteiger partial charge is 0.414 e. The number of amides is 1. The molecule has 3 aromatic carbocycles. The highest BCUT2D eigenvalue weighted by molar-refractivity contribution is 6.30. The first-order valence-electron chi connectivity index (χ1n) is 14.3. The summed E-state index contributed by atoms with van der Waals surface area (Å²) in [4.78, 5) is 19.8. The van der Waals surface area contributed by atoms with Gasteiger partial charge in [-0.3, -0.25) is 9.47 Å². The van der Waals surface area contributed by atoms with Crippen LogP contribution in [0.4, 0.5) is 4.79 Å². The number of piperidine rings is 1. The number of ether oxygens (including phenoxy) is 2. The third-order valence-corrected chi connectivity index (χ3v) is 8.06. The number of hydrogen-bond acceptors (Lipinski definition) is 6. The maximum absolute atomic E-state index is 12.7. The number of nitrogens with one attached hydrogen (secondary N) is 1. The Kier molecular flexibility index (Phi) is 10.3. The summed E-state index contributed by atoms with van der Waals surface area (Å²) in [7, 11) is 0. The maximum atomic E-state index is 12.7. The van der Waals surface area contributed by atoms with Crippen LogP contribution < -0.4 is 10.1 Å². The Hall–Kier alpha value is -3.69. The lowest BCUT2D eigenvalue weighted by molar-refractivity contribution is 0.0934. The Morgan fingerprint density at radius 2 is 1.55 bits per heavy atom. The van der Waals surface area contributed by atoms with E-state index in [0.29, 0.717) is 29.7 Å². The van der Waals surface area contributed by atoms with Crippen molar-refractivity contribution in [3.8, 4) is 5.88 Å². The first-order chi connectivity index (χ1) is 20.6. The summed E-state index contributed by atoms with van der Waals surface area (Å²) in [6.45, 7) is 3.51. The van der Waals surface area contributed by atoms with Crippen LogP contribution in [-0.2, 0) is 23.2 Å². The van der Waals surface area contributed by atoms with Crippen LogP contribution in [0.25, 0.3) is 0 Å². The molecule has 2 heterocycles. The predicted molar refractivity (Wildman–Crippen MR) is 163 cm³/mol. The molecule has 5 rings (SSSR count). The number of hydrogen-bond donors (Lipinski definition) is 2. The van der Waals surface area contributed by atoms with Crippen LogP contribution >= 0.6 is 11.6 Å². The van der Waals surface area contributed by atoms with E-state index in [1.165, 1.54) is 11.1 Å². The smallest absolute Gasteiger partial charge is 0.394 e. The predicted octanol–water partition coefficient (Wildman–Crippen LogP) is 5.26. The maximum Gasteiger partial charge on any atom is 0.414 e. The fourth-order valence-electron chi connectivity index (χ4n) is 5.62. The fraction of sp³-hybridized carbons (Fsp3) is 0.333. The van der Waals surface area contributed by atoms with Crippen LogP contribution in [0.1, 0.15) is 35.2 Å². The van der Waals surface area contributed by atoms with Gasteiger partial charge in [0.05, 0.1) is 32.7 Å². The second kappa shape index (κ2) is 14.5. The molecule has 1 aromatic heterocycles. The van der Waals surface area contributed by atoms with Gasteiger partial charge in [0.1, 0.15) is 5.69 Å². The zero-order chi connectivity index (χ0) is 29.2. The molecule has 0 atom stereocenters. The van der Waals surface area contributed by atoms with Gasteiger partial charge in [0, 0.05) is 23.5 Å². The molecule has 4 aromatic rings. The summed E-state index contributed by atoms with van der Waals surface area (Å²) in [6.07, 6.45) is 3.08. The minimum atomic E-state index is -0.576. The number of aromatic nitrogens is 2. The molecule has 0 saturated carbocycles. The number of likely N-dealkylation sites (tertiary alicyclic amines) is 1. The number of halogens is 1. The average Bonchev–Trinajstić information content (AvgIpc) is 3.39. The molecule has 0 spiro atoms. The lowest BCUT2D eigenvalue weighted by Crippen LogP contribution is -2.43. The van der Waals surface area contributed by atoms with E-state index >= 15 is 0 Å². The van der Waals surface area contributed by atoms with E-state index in [1.807, 2.05) is 28.8 Å². The molecule has 2 N–H and O–H groups in total. The van der Waals surface area contributed by atoms with Crippen molar-refractivity contribution in [2.45, 2.75) is 31.3 Å². The summed E-state index contributed by atoms with van der Waals surface area (Å²) in [6, 6.07) is 29.1. The lowest BCUT2D eigenvalue weighted by Gasteiger charge is -2.42. The molecule has 42 heavy (non-hydrogen) atoms. The summed E-state index contributed by atoms with van der Waals surface area (Å²) in [5.74, 6) is 0.418. The quantitative estimate of drug-likeness (QED) is 0.219. The van der Waals surface area contributed by atoms with Crippen molar-refractivity contribution in [2.75, 3.05) is 39.5 Å². The van der Waals surface area contributed by atoms with Crippen molar-refractivity contribution in [3.63, 3.8) is 0 Å². The number of carbonyl (C=O) groups is 1. The molecule has 0 bridgehead atoms. The first kappa shape index (κ1) is 29.8. The Morgan fingerprint density at radius 1 is 0.905 bits per heavy atom. The Morgan fingerprint density at radius 3 is 2.17 bits per heavy atom. The van der Waals surface area contributed by atoms with Gasteiger partial charge >= 0.3 is 6.09 Å². The fourth-order valence-corrected chi connectivity index (χ4v) is 5.74. The minimum Gasteiger partial charge on any atom is -0.394 e. The molecule has 0 radical (unpaired) electrons. The van der Waals surface area contributed by atoms with Crippen LogP contribution in [-0.4, -0.2) is 65.1 Å². The number of rotatable bonds is 12. The summed E-state index contributed by atoms with van der Waals surface area (Å²) in [5, 5.41) is 12.2. The van der Waals surface area contributed by atoms with E-state index in [-0.39, 0.29) is 31.8 Å². The van der Waals surface area contributed by atoms with Crippen molar-refractivity contribution in [2.24, 2.45) is 0 Å². The molecule has 1 aliphatic rings. The number of aliphatic hydroxyl groups is 1. The van der Waals surface area contributed by atoms with Gasteiger partial charge in [-0.15, -0.1) is 0 Å². The minimum absolute atomic E-state index is 0.0513. The van der Waals surface area contributed by atoms with Gasteiger partial charge in [0.15, 0.2) is 0 Å².